The molecule has 0 radical (unpaired) electrons. The molecule has 2 rings (SSSR count). The lowest BCUT2D eigenvalue weighted by Gasteiger charge is -2.09. The zero-order valence-electron chi connectivity index (χ0n) is 10.4. The van der Waals surface area contributed by atoms with E-state index in [9.17, 15) is 0 Å². The molecular formula is C12H20N2O3. The van der Waals surface area contributed by atoms with Crippen LogP contribution in [0.3, 0.4) is 0 Å². The zero-order valence-corrected chi connectivity index (χ0v) is 10.4. The number of methoxy groups -OCH3 is 1. The highest BCUT2D eigenvalue weighted by Gasteiger charge is 2.20. The number of hydrogen-bond acceptors (Lipinski definition) is 5. The smallest absolute Gasteiger partial charge is 0.162 e. The number of nitrogens with one attached hydrogen (secondary N) is 1. The monoisotopic (exact) mass is 240 g/mol. The summed E-state index contributed by atoms with van der Waals surface area (Å²) in [6, 6.07) is 2.63. The van der Waals surface area contributed by atoms with Crippen LogP contribution in [0, 0.1) is 0 Å². The molecule has 0 bridgehead atoms. The third-order valence-electron chi connectivity index (χ3n) is 2.67. The summed E-state index contributed by atoms with van der Waals surface area (Å²) in [5.41, 5.74) is 0.940. The quantitative estimate of drug-likeness (QED) is 0.746. The van der Waals surface area contributed by atoms with Gasteiger partial charge in [-0.1, -0.05) is 5.16 Å². The van der Waals surface area contributed by atoms with Crippen molar-refractivity contribution in [2.24, 2.45) is 0 Å². The molecule has 0 amide bonds. The average Bonchev–Trinajstić information content (AvgIpc) is 3.03. The fraction of sp³-hybridized carbons (Fsp3) is 0.750. The fourth-order valence-electron chi connectivity index (χ4n) is 1.55. The van der Waals surface area contributed by atoms with Crippen molar-refractivity contribution in [1.29, 1.82) is 0 Å². The van der Waals surface area contributed by atoms with Crippen molar-refractivity contribution in [3.8, 4) is 0 Å². The van der Waals surface area contributed by atoms with Gasteiger partial charge in [-0.2, -0.15) is 0 Å². The molecule has 0 saturated heterocycles. The van der Waals surface area contributed by atoms with Crippen LogP contribution in [-0.4, -0.2) is 31.0 Å². The Labute approximate surface area is 101 Å². The molecule has 1 heterocycles. The maximum atomic E-state index is 5.54. The lowest BCUT2D eigenvalue weighted by atomic mass is 10.3. The summed E-state index contributed by atoms with van der Waals surface area (Å²) < 4.78 is 15.7. The van der Waals surface area contributed by atoms with E-state index in [0.29, 0.717) is 19.3 Å². The Hall–Kier alpha value is -0.910. The Kier molecular flexibility index (Phi) is 4.53. The van der Waals surface area contributed by atoms with E-state index < -0.39 is 0 Å². The van der Waals surface area contributed by atoms with Crippen LogP contribution in [0.15, 0.2) is 10.6 Å². The third kappa shape index (κ3) is 4.46. The summed E-state index contributed by atoms with van der Waals surface area (Å²) in [5.74, 6) is 0.764. The van der Waals surface area contributed by atoms with Crippen molar-refractivity contribution in [2.45, 2.75) is 45.1 Å². The van der Waals surface area contributed by atoms with E-state index in [1.165, 1.54) is 12.8 Å². The molecule has 1 saturated carbocycles. The highest BCUT2D eigenvalue weighted by atomic mass is 16.5. The van der Waals surface area contributed by atoms with Crippen molar-refractivity contribution in [3.05, 3.63) is 17.5 Å². The summed E-state index contributed by atoms with van der Waals surface area (Å²) in [6.45, 7) is 3.78. The second-order valence-electron chi connectivity index (χ2n) is 4.52. The minimum atomic E-state index is 0.0677. The van der Waals surface area contributed by atoms with Crippen molar-refractivity contribution >= 4 is 0 Å². The third-order valence-corrected chi connectivity index (χ3v) is 2.67. The second-order valence-corrected chi connectivity index (χ2v) is 4.52. The molecule has 5 nitrogen and oxygen atoms in total. The van der Waals surface area contributed by atoms with Crippen LogP contribution in [0.2, 0.25) is 0 Å². The van der Waals surface area contributed by atoms with E-state index in [1.54, 1.807) is 7.11 Å². The molecule has 0 aliphatic heterocycles. The van der Waals surface area contributed by atoms with Gasteiger partial charge in [0.15, 0.2) is 5.76 Å². The van der Waals surface area contributed by atoms with Gasteiger partial charge in [-0.05, 0) is 19.8 Å². The van der Waals surface area contributed by atoms with Gasteiger partial charge >= 0.3 is 0 Å². The van der Waals surface area contributed by atoms with E-state index in [1.807, 2.05) is 13.0 Å². The number of nitrogens with zero attached hydrogens (tertiary/aromatic N) is 1. The van der Waals surface area contributed by atoms with Crippen molar-refractivity contribution in [2.75, 3.05) is 13.7 Å². The molecule has 1 aromatic heterocycles. The first kappa shape index (κ1) is 12.5. The van der Waals surface area contributed by atoms with E-state index >= 15 is 0 Å². The second kappa shape index (κ2) is 6.14. The Balaban J connectivity index is 1.69. The van der Waals surface area contributed by atoms with Gasteiger partial charge in [0.2, 0.25) is 0 Å². The minimum Gasteiger partial charge on any atom is -0.382 e. The maximum Gasteiger partial charge on any atom is 0.162 e. The zero-order chi connectivity index (χ0) is 12.1. The minimum absolute atomic E-state index is 0.0677. The Bertz CT molecular complexity index is 336. The Morgan fingerprint density at radius 2 is 2.41 bits per heavy atom. The van der Waals surface area contributed by atoms with Crippen molar-refractivity contribution in [1.82, 2.24) is 10.5 Å². The van der Waals surface area contributed by atoms with Gasteiger partial charge in [0.25, 0.3) is 0 Å². The van der Waals surface area contributed by atoms with Crippen LogP contribution in [0.25, 0.3) is 0 Å². The molecule has 1 unspecified atom stereocenters. The van der Waals surface area contributed by atoms with Crippen molar-refractivity contribution in [3.63, 3.8) is 0 Å². The standard InChI is InChI=1S/C12H20N2O3/c1-9(7-15-2)16-8-12-5-11(14-17-12)6-13-10-3-4-10/h5,9-10,13H,3-4,6-8H2,1-2H3. The van der Waals surface area contributed by atoms with Crippen LogP contribution < -0.4 is 5.32 Å². The Morgan fingerprint density at radius 3 is 3.12 bits per heavy atom. The molecule has 1 aromatic rings. The number of aromatic nitrogens is 1. The maximum absolute atomic E-state index is 5.54. The predicted octanol–water partition coefficient (Wildman–Crippen LogP) is 1.48. The van der Waals surface area contributed by atoms with Gasteiger partial charge in [-0.15, -0.1) is 0 Å². The number of ether oxygens (including phenoxy) is 2. The molecule has 1 atom stereocenters. The first-order valence-corrected chi connectivity index (χ1v) is 6.06. The summed E-state index contributed by atoms with van der Waals surface area (Å²) in [6.07, 6.45) is 2.63. The highest BCUT2D eigenvalue weighted by molar-refractivity contribution is 5.04. The largest absolute Gasteiger partial charge is 0.382 e. The molecule has 5 heteroatoms. The van der Waals surface area contributed by atoms with Gasteiger partial charge in [0.05, 0.1) is 18.4 Å². The average molecular weight is 240 g/mol. The van der Waals surface area contributed by atoms with E-state index in [0.717, 1.165) is 18.0 Å². The molecular weight excluding hydrogens is 220 g/mol. The van der Waals surface area contributed by atoms with E-state index in [-0.39, 0.29) is 6.10 Å². The van der Waals surface area contributed by atoms with E-state index in [2.05, 4.69) is 10.5 Å². The van der Waals surface area contributed by atoms with Gasteiger partial charge in [-0.3, -0.25) is 0 Å². The summed E-state index contributed by atoms with van der Waals surface area (Å²) in [4.78, 5) is 0. The summed E-state index contributed by atoms with van der Waals surface area (Å²) in [5, 5.41) is 7.38. The molecule has 1 N–H and O–H groups in total. The van der Waals surface area contributed by atoms with E-state index in [4.69, 9.17) is 14.0 Å². The molecule has 1 fully saturated rings. The van der Waals surface area contributed by atoms with Crippen LogP contribution in [-0.2, 0) is 22.6 Å². The first-order chi connectivity index (χ1) is 8.28. The summed E-state index contributed by atoms with van der Waals surface area (Å²) >= 11 is 0. The number of rotatable bonds is 8. The summed E-state index contributed by atoms with van der Waals surface area (Å²) in [7, 11) is 1.66. The molecule has 1 aliphatic rings. The van der Waals surface area contributed by atoms with Crippen molar-refractivity contribution < 1.29 is 14.0 Å². The molecule has 0 spiro atoms. The van der Waals surface area contributed by atoms with Gasteiger partial charge < -0.3 is 19.3 Å². The first-order valence-electron chi connectivity index (χ1n) is 6.06. The van der Waals surface area contributed by atoms with Crippen LogP contribution in [0.4, 0.5) is 0 Å². The number of hydrogen-bond donors (Lipinski definition) is 1. The van der Waals surface area contributed by atoms with Crippen LogP contribution >= 0.6 is 0 Å². The lowest BCUT2D eigenvalue weighted by Crippen LogP contribution is -2.15. The van der Waals surface area contributed by atoms with Gasteiger partial charge in [0.1, 0.15) is 6.61 Å². The van der Waals surface area contributed by atoms with Gasteiger partial charge in [0, 0.05) is 25.8 Å². The molecule has 17 heavy (non-hydrogen) atoms. The Morgan fingerprint density at radius 1 is 1.59 bits per heavy atom. The molecule has 96 valence electrons. The topological polar surface area (TPSA) is 56.5 Å². The fourth-order valence-corrected chi connectivity index (χ4v) is 1.55. The van der Waals surface area contributed by atoms with Gasteiger partial charge in [-0.25, -0.2) is 0 Å². The lowest BCUT2D eigenvalue weighted by molar-refractivity contribution is -0.00792. The van der Waals surface area contributed by atoms with Crippen LogP contribution in [0.1, 0.15) is 31.2 Å². The predicted molar refractivity (Wildman–Crippen MR) is 62.5 cm³/mol. The normalized spacial score (nSPS) is 17.3. The molecule has 1 aliphatic carbocycles. The van der Waals surface area contributed by atoms with Crippen LogP contribution in [0.5, 0.6) is 0 Å². The highest BCUT2D eigenvalue weighted by Crippen LogP contribution is 2.19. The SMILES string of the molecule is COCC(C)OCc1cc(CNC2CC2)no1. The molecule has 0 aromatic carbocycles.